The Kier molecular flexibility index (Phi) is 4.89. The Hall–Kier alpha value is -2.68. The summed E-state index contributed by atoms with van der Waals surface area (Å²) >= 11 is 0. The molecule has 22 heavy (non-hydrogen) atoms. The third kappa shape index (κ3) is 3.31. The number of ether oxygens (including phenoxy) is 1. The zero-order chi connectivity index (χ0) is 16.1. The molecule has 1 amide bonds. The number of carboxylic acid groups (broad SMARTS) is 1. The number of benzene rings is 1. The Balaban J connectivity index is 2.19. The molecule has 0 aromatic heterocycles. The van der Waals surface area contributed by atoms with Crippen molar-refractivity contribution in [3.05, 3.63) is 29.3 Å². The van der Waals surface area contributed by atoms with Gasteiger partial charge < -0.3 is 19.6 Å². The molecule has 6 heteroatoms. The first-order valence-electron chi connectivity index (χ1n) is 7.07. The third-order valence-electron chi connectivity index (χ3n) is 3.57. The van der Waals surface area contributed by atoms with Crippen molar-refractivity contribution in [1.29, 1.82) is 0 Å². The van der Waals surface area contributed by atoms with Gasteiger partial charge in [0.15, 0.2) is 0 Å². The van der Waals surface area contributed by atoms with Crippen LogP contribution in [-0.4, -0.2) is 54.9 Å². The second kappa shape index (κ2) is 6.85. The zero-order valence-corrected chi connectivity index (χ0v) is 12.4. The molecule has 0 atom stereocenters. The van der Waals surface area contributed by atoms with Crippen LogP contribution in [0.25, 0.3) is 0 Å². The number of hydrogen-bond donors (Lipinski definition) is 1. The molecule has 1 fully saturated rings. The molecular weight excluding hydrogens is 284 g/mol. The molecule has 1 aromatic carbocycles. The van der Waals surface area contributed by atoms with E-state index < -0.39 is 12.1 Å². The quantitative estimate of drug-likeness (QED) is 0.679. The number of terminal acetylenes is 1. The van der Waals surface area contributed by atoms with Crippen LogP contribution in [0.4, 0.5) is 10.5 Å². The topological polar surface area (TPSA) is 70.1 Å². The smallest absolute Gasteiger partial charge is 0.407 e. The van der Waals surface area contributed by atoms with Gasteiger partial charge in [-0.05, 0) is 25.1 Å². The summed E-state index contributed by atoms with van der Waals surface area (Å²) in [5.41, 5.74) is 1.70. The van der Waals surface area contributed by atoms with Crippen molar-refractivity contribution < 1.29 is 19.4 Å². The Bertz CT molecular complexity index is 613. The lowest BCUT2D eigenvalue weighted by Gasteiger charge is -2.34. The maximum Gasteiger partial charge on any atom is 0.407 e. The first-order valence-corrected chi connectivity index (χ1v) is 7.07. The summed E-state index contributed by atoms with van der Waals surface area (Å²) in [6, 6.07) is 5.27. The van der Waals surface area contributed by atoms with Crippen LogP contribution in [0.1, 0.15) is 22.8 Å². The lowest BCUT2D eigenvalue weighted by atomic mass is 10.1. The molecule has 1 aromatic rings. The van der Waals surface area contributed by atoms with Crippen LogP contribution in [0.15, 0.2) is 18.2 Å². The van der Waals surface area contributed by atoms with E-state index in [1.54, 1.807) is 19.1 Å². The Morgan fingerprint density at radius 3 is 2.55 bits per heavy atom. The molecule has 0 radical (unpaired) electrons. The number of carbonyl (C=O) groups excluding carboxylic acids is 1. The van der Waals surface area contributed by atoms with E-state index in [0.717, 1.165) is 5.69 Å². The van der Waals surface area contributed by atoms with Crippen molar-refractivity contribution in [3.63, 3.8) is 0 Å². The minimum Gasteiger partial charge on any atom is -0.465 e. The summed E-state index contributed by atoms with van der Waals surface area (Å²) in [7, 11) is 0. The molecule has 0 bridgehead atoms. The van der Waals surface area contributed by atoms with Crippen molar-refractivity contribution in [2.45, 2.75) is 6.92 Å². The summed E-state index contributed by atoms with van der Waals surface area (Å²) in [5.74, 6) is 2.04. The number of carbonyl (C=O) groups is 2. The predicted molar refractivity (Wildman–Crippen MR) is 82.1 cm³/mol. The third-order valence-corrected chi connectivity index (χ3v) is 3.57. The van der Waals surface area contributed by atoms with Crippen molar-refractivity contribution in [2.75, 3.05) is 37.7 Å². The van der Waals surface area contributed by atoms with Crippen LogP contribution in [0.2, 0.25) is 0 Å². The SMILES string of the molecule is C#Cc1ccc(N2CCN(C(=O)O)CC2)cc1C(=O)OCC. The number of rotatable bonds is 3. The van der Waals surface area contributed by atoms with Crippen LogP contribution < -0.4 is 4.90 Å². The normalized spacial score (nSPS) is 14.4. The standard InChI is InChI=1S/C16H18N2O4/c1-3-12-5-6-13(11-14(12)15(19)22-4-2)17-7-9-18(10-8-17)16(20)21/h1,5-6,11H,4,7-10H2,2H3,(H,20,21). The Morgan fingerprint density at radius 1 is 1.32 bits per heavy atom. The molecule has 6 nitrogen and oxygen atoms in total. The van der Waals surface area contributed by atoms with Gasteiger partial charge >= 0.3 is 12.1 Å². The minimum absolute atomic E-state index is 0.282. The maximum absolute atomic E-state index is 12.0. The van der Waals surface area contributed by atoms with Crippen molar-refractivity contribution in [3.8, 4) is 12.3 Å². The van der Waals surface area contributed by atoms with Gasteiger partial charge in [0.25, 0.3) is 0 Å². The van der Waals surface area contributed by atoms with E-state index in [0.29, 0.717) is 37.3 Å². The van der Waals surface area contributed by atoms with Gasteiger partial charge in [0.05, 0.1) is 12.2 Å². The van der Waals surface area contributed by atoms with E-state index in [9.17, 15) is 9.59 Å². The van der Waals surface area contributed by atoms with Crippen LogP contribution >= 0.6 is 0 Å². The number of anilines is 1. The fourth-order valence-electron chi connectivity index (χ4n) is 2.39. The molecule has 1 aliphatic rings. The molecular formula is C16H18N2O4. The average molecular weight is 302 g/mol. The first-order chi connectivity index (χ1) is 10.6. The molecule has 1 saturated heterocycles. The average Bonchev–Trinajstić information content (AvgIpc) is 2.54. The predicted octanol–water partition coefficient (Wildman–Crippen LogP) is 1.64. The minimum atomic E-state index is -0.908. The maximum atomic E-state index is 12.0. The van der Waals surface area contributed by atoms with E-state index in [4.69, 9.17) is 16.3 Å². The van der Waals surface area contributed by atoms with Crippen molar-refractivity contribution in [1.82, 2.24) is 4.90 Å². The molecule has 0 spiro atoms. The molecule has 2 rings (SSSR count). The number of esters is 1. The van der Waals surface area contributed by atoms with Crippen LogP contribution in [0.5, 0.6) is 0 Å². The van der Waals surface area contributed by atoms with Crippen LogP contribution in [-0.2, 0) is 4.74 Å². The lowest BCUT2D eigenvalue weighted by molar-refractivity contribution is 0.0526. The molecule has 1 N–H and O–H groups in total. The van der Waals surface area contributed by atoms with Crippen molar-refractivity contribution >= 4 is 17.7 Å². The van der Waals surface area contributed by atoms with Crippen LogP contribution in [0, 0.1) is 12.3 Å². The van der Waals surface area contributed by atoms with Gasteiger partial charge in [0.2, 0.25) is 0 Å². The number of hydrogen-bond acceptors (Lipinski definition) is 4. The lowest BCUT2D eigenvalue weighted by Crippen LogP contribution is -2.48. The summed E-state index contributed by atoms with van der Waals surface area (Å²) in [5, 5.41) is 8.96. The highest BCUT2D eigenvalue weighted by atomic mass is 16.5. The van der Waals surface area contributed by atoms with Gasteiger partial charge in [-0.15, -0.1) is 6.42 Å². The van der Waals surface area contributed by atoms with E-state index >= 15 is 0 Å². The van der Waals surface area contributed by atoms with Gasteiger partial charge in [0.1, 0.15) is 0 Å². The molecule has 116 valence electrons. The van der Waals surface area contributed by atoms with Crippen LogP contribution in [0.3, 0.4) is 0 Å². The highest BCUT2D eigenvalue weighted by molar-refractivity contribution is 5.93. The van der Waals surface area contributed by atoms with Gasteiger partial charge in [-0.1, -0.05) is 5.92 Å². The van der Waals surface area contributed by atoms with Gasteiger partial charge in [-0.25, -0.2) is 9.59 Å². The monoisotopic (exact) mass is 302 g/mol. The number of nitrogens with zero attached hydrogens (tertiary/aromatic N) is 2. The van der Waals surface area contributed by atoms with Gasteiger partial charge in [-0.3, -0.25) is 0 Å². The van der Waals surface area contributed by atoms with Gasteiger partial charge in [0, 0.05) is 37.4 Å². The molecule has 1 aliphatic heterocycles. The number of piperazine rings is 1. The van der Waals surface area contributed by atoms with E-state index in [1.165, 1.54) is 4.90 Å². The second-order valence-electron chi connectivity index (χ2n) is 4.85. The molecule has 0 aliphatic carbocycles. The first kappa shape index (κ1) is 15.7. The summed E-state index contributed by atoms with van der Waals surface area (Å²) in [4.78, 5) is 26.3. The van der Waals surface area contributed by atoms with Crippen molar-refractivity contribution in [2.24, 2.45) is 0 Å². The fraction of sp³-hybridized carbons (Fsp3) is 0.375. The molecule has 0 unspecified atom stereocenters. The fourth-order valence-corrected chi connectivity index (χ4v) is 2.39. The second-order valence-corrected chi connectivity index (χ2v) is 4.85. The summed E-state index contributed by atoms with van der Waals surface area (Å²) < 4.78 is 5.02. The summed E-state index contributed by atoms with van der Waals surface area (Å²) in [6.07, 6.45) is 4.51. The van der Waals surface area contributed by atoms with E-state index in [-0.39, 0.29) is 6.61 Å². The largest absolute Gasteiger partial charge is 0.465 e. The highest BCUT2D eigenvalue weighted by Crippen LogP contribution is 2.21. The highest BCUT2D eigenvalue weighted by Gasteiger charge is 2.22. The van der Waals surface area contributed by atoms with Gasteiger partial charge in [-0.2, -0.15) is 0 Å². The zero-order valence-electron chi connectivity index (χ0n) is 12.4. The Labute approximate surface area is 129 Å². The molecule has 1 heterocycles. The number of amides is 1. The van der Waals surface area contributed by atoms with E-state index in [2.05, 4.69) is 5.92 Å². The molecule has 0 saturated carbocycles. The summed E-state index contributed by atoms with van der Waals surface area (Å²) in [6.45, 7) is 4.03. The Morgan fingerprint density at radius 2 is 2.00 bits per heavy atom. The van der Waals surface area contributed by atoms with E-state index in [1.807, 2.05) is 11.0 Å².